The van der Waals surface area contributed by atoms with Gasteiger partial charge >= 0.3 is 0 Å². The lowest BCUT2D eigenvalue weighted by Crippen LogP contribution is -2.39. The Hall–Kier alpha value is -3.78. The predicted octanol–water partition coefficient (Wildman–Crippen LogP) is 3.93. The number of carbonyl (C=O) groups excluding carboxylic acids is 1. The second-order valence-corrected chi connectivity index (χ2v) is 8.44. The lowest BCUT2D eigenvalue weighted by molar-refractivity contribution is -0.127. The van der Waals surface area contributed by atoms with Crippen molar-refractivity contribution in [3.63, 3.8) is 0 Å². The highest BCUT2D eigenvalue weighted by atomic mass is 32.1. The number of aromatic nitrogens is 3. The molecule has 0 radical (unpaired) electrons. The Labute approximate surface area is 195 Å². The van der Waals surface area contributed by atoms with Gasteiger partial charge in [-0.2, -0.15) is 5.10 Å². The fourth-order valence-electron chi connectivity index (χ4n) is 3.25. The molecule has 4 rings (SSSR count). The molecule has 0 aliphatic rings. The number of nitrogens with zero attached hydrogens (tertiary/aromatic N) is 3. The smallest absolute Gasteiger partial charge is 0.266 e. The van der Waals surface area contributed by atoms with E-state index in [9.17, 15) is 9.59 Å². The van der Waals surface area contributed by atoms with E-state index in [2.05, 4.69) is 15.4 Å². The van der Waals surface area contributed by atoms with Crippen LogP contribution < -0.4 is 15.6 Å². The van der Waals surface area contributed by atoms with Gasteiger partial charge in [-0.05, 0) is 32.0 Å². The Kier molecular flexibility index (Phi) is 6.95. The van der Waals surface area contributed by atoms with Gasteiger partial charge in [0.2, 0.25) is 0 Å². The summed E-state index contributed by atoms with van der Waals surface area (Å²) in [7, 11) is 0. The Morgan fingerprint density at radius 3 is 2.48 bits per heavy atom. The second-order valence-electron chi connectivity index (χ2n) is 7.44. The molecule has 0 saturated carbocycles. The topological polar surface area (TPSA) is 86.1 Å². The molecule has 33 heavy (non-hydrogen) atoms. The number of carbonyl (C=O) groups is 1. The summed E-state index contributed by atoms with van der Waals surface area (Å²) >= 11 is 1.54. The van der Waals surface area contributed by atoms with Crippen molar-refractivity contribution in [1.82, 2.24) is 20.1 Å². The summed E-state index contributed by atoms with van der Waals surface area (Å²) in [6, 6.07) is 22.3. The van der Waals surface area contributed by atoms with Crippen molar-refractivity contribution in [2.75, 3.05) is 6.54 Å². The third-order valence-electron chi connectivity index (χ3n) is 4.96. The van der Waals surface area contributed by atoms with Gasteiger partial charge in [0, 0.05) is 18.2 Å². The number of hydrogen-bond acceptors (Lipinski definition) is 6. The first kappa shape index (κ1) is 22.4. The molecule has 0 bridgehead atoms. The van der Waals surface area contributed by atoms with Crippen LogP contribution in [-0.2, 0) is 11.3 Å². The van der Waals surface area contributed by atoms with E-state index in [1.54, 1.807) is 25.1 Å². The quantitative estimate of drug-likeness (QED) is 0.431. The number of ether oxygens (including phenoxy) is 1. The Morgan fingerprint density at radius 1 is 1.06 bits per heavy atom. The van der Waals surface area contributed by atoms with E-state index in [1.165, 1.54) is 22.1 Å². The molecule has 0 saturated heterocycles. The molecule has 8 heteroatoms. The van der Waals surface area contributed by atoms with E-state index in [4.69, 9.17) is 4.74 Å². The molecule has 168 valence electrons. The molecule has 0 spiro atoms. The van der Waals surface area contributed by atoms with Crippen molar-refractivity contribution in [3.05, 3.63) is 88.8 Å². The summed E-state index contributed by atoms with van der Waals surface area (Å²) in [4.78, 5) is 30.2. The van der Waals surface area contributed by atoms with Gasteiger partial charge in [-0.15, -0.1) is 11.3 Å². The van der Waals surface area contributed by atoms with Crippen molar-refractivity contribution >= 4 is 17.2 Å². The number of benzene rings is 2. The predicted molar refractivity (Wildman–Crippen MR) is 129 cm³/mol. The maximum absolute atomic E-state index is 12.3. The van der Waals surface area contributed by atoms with E-state index >= 15 is 0 Å². The summed E-state index contributed by atoms with van der Waals surface area (Å²) in [6.45, 7) is 4.13. The van der Waals surface area contributed by atoms with E-state index in [0.29, 0.717) is 11.4 Å². The maximum atomic E-state index is 12.3. The molecule has 1 unspecified atom stereocenters. The number of hydrogen-bond donors (Lipinski definition) is 1. The van der Waals surface area contributed by atoms with Crippen LogP contribution in [0.25, 0.3) is 21.1 Å². The number of thiazole rings is 1. The van der Waals surface area contributed by atoms with Gasteiger partial charge in [-0.25, -0.2) is 9.67 Å². The zero-order valence-electron chi connectivity index (χ0n) is 18.4. The molecule has 0 aliphatic carbocycles. The van der Waals surface area contributed by atoms with Crippen molar-refractivity contribution in [2.45, 2.75) is 26.5 Å². The zero-order chi connectivity index (χ0) is 23.2. The molecule has 4 aromatic rings. The van der Waals surface area contributed by atoms with Crippen LogP contribution in [0.2, 0.25) is 0 Å². The van der Waals surface area contributed by atoms with Crippen LogP contribution in [0.15, 0.2) is 77.6 Å². The largest absolute Gasteiger partial charge is 0.481 e. The molecule has 1 atom stereocenters. The highest BCUT2D eigenvalue weighted by molar-refractivity contribution is 7.18. The zero-order valence-corrected chi connectivity index (χ0v) is 19.2. The van der Waals surface area contributed by atoms with Crippen molar-refractivity contribution < 1.29 is 9.53 Å². The Bertz CT molecular complexity index is 1290. The first-order valence-electron chi connectivity index (χ1n) is 10.6. The maximum Gasteiger partial charge on any atom is 0.266 e. The molecule has 0 fully saturated rings. The highest BCUT2D eigenvalue weighted by Gasteiger charge is 2.15. The van der Waals surface area contributed by atoms with E-state index in [1.807, 2.05) is 55.5 Å². The summed E-state index contributed by atoms with van der Waals surface area (Å²) < 4.78 is 6.99. The van der Waals surface area contributed by atoms with Crippen LogP contribution in [0, 0.1) is 6.92 Å². The minimum absolute atomic E-state index is 0.230. The minimum Gasteiger partial charge on any atom is -0.481 e. The van der Waals surface area contributed by atoms with Crippen LogP contribution >= 0.6 is 11.3 Å². The molecular formula is C25H24N4O3S. The van der Waals surface area contributed by atoms with Gasteiger partial charge in [0.15, 0.2) is 6.10 Å². The fraction of sp³-hybridized carbons (Fsp3) is 0.200. The van der Waals surface area contributed by atoms with Crippen molar-refractivity contribution in [3.8, 4) is 26.9 Å². The van der Waals surface area contributed by atoms with Gasteiger partial charge in [-0.3, -0.25) is 9.59 Å². The van der Waals surface area contributed by atoms with Gasteiger partial charge in [0.1, 0.15) is 16.5 Å². The van der Waals surface area contributed by atoms with Crippen LogP contribution in [0.3, 0.4) is 0 Å². The lowest BCUT2D eigenvalue weighted by Gasteiger charge is -2.15. The van der Waals surface area contributed by atoms with E-state index in [0.717, 1.165) is 21.1 Å². The van der Waals surface area contributed by atoms with Crippen LogP contribution in [0.4, 0.5) is 0 Å². The van der Waals surface area contributed by atoms with Crippen molar-refractivity contribution in [2.24, 2.45) is 0 Å². The molecule has 1 N–H and O–H groups in total. The van der Waals surface area contributed by atoms with E-state index < -0.39 is 6.10 Å². The minimum atomic E-state index is -0.653. The molecule has 1 amide bonds. The van der Waals surface area contributed by atoms with Crippen LogP contribution in [0.5, 0.6) is 5.75 Å². The molecule has 0 aliphatic heterocycles. The lowest BCUT2D eigenvalue weighted by atomic mass is 10.2. The molecular weight excluding hydrogens is 436 g/mol. The number of para-hydroxylation sites is 1. The van der Waals surface area contributed by atoms with Crippen molar-refractivity contribution in [1.29, 1.82) is 0 Å². The second kappa shape index (κ2) is 10.2. The molecule has 2 heterocycles. The summed E-state index contributed by atoms with van der Waals surface area (Å²) in [5, 5.41) is 8.22. The molecule has 2 aromatic carbocycles. The number of amides is 1. The molecule has 2 aromatic heterocycles. The number of aryl methyl sites for hydroxylation is 1. The van der Waals surface area contributed by atoms with Gasteiger partial charge in [0.05, 0.1) is 17.1 Å². The fourth-order valence-corrected chi connectivity index (χ4v) is 4.29. The Morgan fingerprint density at radius 2 is 1.76 bits per heavy atom. The Balaban J connectivity index is 1.41. The SMILES string of the molecule is Cc1nc(-c2ccccc2)sc1-c1ccc(=O)n(CCNC(=O)C(C)Oc2ccccc2)n1. The average Bonchev–Trinajstić information content (AvgIpc) is 3.23. The van der Waals surface area contributed by atoms with E-state index in [-0.39, 0.29) is 24.6 Å². The standard InChI is InChI=1S/C25H24N4O3S/c1-17-23(33-25(27-17)19-9-5-3-6-10-19)21-13-14-22(30)29(28-21)16-15-26-24(31)18(2)32-20-11-7-4-8-12-20/h3-14,18H,15-16H2,1-2H3,(H,26,31). The van der Waals surface area contributed by atoms with Gasteiger partial charge < -0.3 is 10.1 Å². The first-order valence-corrected chi connectivity index (χ1v) is 11.4. The third kappa shape index (κ3) is 5.53. The number of nitrogens with one attached hydrogen (secondary N) is 1. The summed E-state index contributed by atoms with van der Waals surface area (Å²) in [5.74, 6) is 0.370. The third-order valence-corrected chi connectivity index (χ3v) is 6.19. The van der Waals surface area contributed by atoms with Crippen LogP contribution in [0.1, 0.15) is 12.6 Å². The number of rotatable bonds is 8. The summed E-state index contributed by atoms with van der Waals surface area (Å²) in [5.41, 5.74) is 2.35. The monoisotopic (exact) mass is 460 g/mol. The molecule has 7 nitrogen and oxygen atoms in total. The highest BCUT2D eigenvalue weighted by Crippen LogP contribution is 2.33. The average molecular weight is 461 g/mol. The normalized spacial score (nSPS) is 11.7. The summed E-state index contributed by atoms with van der Waals surface area (Å²) in [6.07, 6.45) is -0.653. The van der Waals surface area contributed by atoms with Crippen LogP contribution in [-0.4, -0.2) is 33.3 Å². The first-order chi connectivity index (χ1) is 16.0. The van der Waals surface area contributed by atoms with Gasteiger partial charge in [0.25, 0.3) is 11.5 Å². The van der Waals surface area contributed by atoms with Gasteiger partial charge in [-0.1, -0.05) is 48.5 Å².